The molecule has 172 valence electrons. The molecule has 0 aliphatic heterocycles. The van der Waals surface area contributed by atoms with E-state index in [0.29, 0.717) is 25.8 Å². The van der Waals surface area contributed by atoms with E-state index in [0.717, 1.165) is 0 Å². The molecular formula is C18H33N5O7. The number of rotatable bonds is 15. The normalized spacial score (nSPS) is 13.8. The van der Waals surface area contributed by atoms with Crippen LogP contribution in [0.5, 0.6) is 0 Å². The summed E-state index contributed by atoms with van der Waals surface area (Å²) in [4.78, 5) is 58.8. The molecule has 0 radical (unpaired) electrons. The summed E-state index contributed by atoms with van der Waals surface area (Å²) < 4.78 is 0. The maximum Gasteiger partial charge on any atom is 0.322 e. The number of carbonyl (C=O) groups is 5. The van der Waals surface area contributed by atoms with Gasteiger partial charge in [-0.15, -0.1) is 0 Å². The van der Waals surface area contributed by atoms with Gasteiger partial charge in [0.1, 0.15) is 18.6 Å². The van der Waals surface area contributed by atoms with E-state index in [1.165, 1.54) is 0 Å². The van der Waals surface area contributed by atoms with E-state index in [1.807, 2.05) is 0 Å². The van der Waals surface area contributed by atoms with Gasteiger partial charge in [-0.1, -0.05) is 20.3 Å². The molecule has 0 heterocycles. The zero-order chi connectivity index (χ0) is 23.3. The van der Waals surface area contributed by atoms with Crippen LogP contribution in [-0.4, -0.2) is 71.1 Å². The summed E-state index contributed by atoms with van der Waals surface area (Å²) in [5, 5.41) is 24.6. The SMILES string of the molecule is CC(C)CC(NC(=O)C(CC(=O)O)NC(=O)C(N)CCCCN)C(=O)NCC(=O)O. The Morgan fingerprint density at radius 3 is 1.97 bits per heavy atom. The van der Waals surface area contributed by atoms with Gasteiger partial charge in [0.15, 0.2) is 0 Å². The van der Waals surface area contributed by atoms with Gasteiger partial charge in [0.05, 0.1) is 12.5 Å². The second-order valence-electron chi connectivity index (χ2n) is 7.35. The predicted octanol–water partition coefficient (Wildman–Crippen LogP) is -1.87. The zero-order valence-corrected chi connectivity index (χ0v) is 17.3. The van der Waals surface area contributed by atoms with Crippen LogP contribution < -0.4 is 27.4 Å². The quantitative estimate of drug-likeness (QED) is 0.144. The topological polar surface area (TPSA) is 214 Å². The van der Waals surface area contributed by atoms with Gasteiger partial charge < -0.3 is 37.6 Å². The van der Waals surface area contributed by atoms with E-state index in [4.69, 9.17) is 21.7 Å². The summed E-state index contributed by atoms with van der Waals surface area (Å²) in [7, 11) is 0. The van der Waals surface area contributed by atoms with Crippen molar-refractivity contribution in [1.29, 1.82) is 0 Å². The third-order valence-electron chi connectivity index (χ3n) is 4.07. The third kappa shape index (κ3) is 12.0. The van der Waals surface area contributed by atoms with E-state index < -0.39 is 60.8 Å². The number of unbranched alkanes of at least 4 members (excludes halogenated alkanes) is 1. The monoisotopic (exact) mass is 431 g/mol. The highest BCUT2D eigenvalue weighted by atomic mass is 16.4. The minimum Gasteiger partial charge on any atom is -0.481 e. The lowest BCUT2D eigenvalue weighted by Gasteiger charge is -2.24. The highest BCUT2D eigenvalue weighted by Crippen LogP contribution is 2.07. The van der Waals surface area contributed by atoms with Crippen LogP contribution in [0.2, 0.25) is 0 Å². The van der Waals surface area contributed by atoms with Crippen LogP contribution >= 0.6 is 0 Å². The summed E-state index contributed by atoms with van der Waals surface area (Å²) in [5.74, 6) is -4.91. The fraction of sp³-hybridized carbons (Fsp3) is 0.722. The molecule has 12 nitrogen and oxygen atoms in total. The molecule has 0 saturated carbocycles. The second kappa shape index (κ2) is 14.3. The number of carboxylic acid groups (broad SMARTS) is 2. The Kier molecular flexibility index (Phi) is 13.0. The number of carbonyl (C=O) groups excluding carboxylic acids is 3. The van der Waals surface area contributed by atoms with E-state index in [-0.39, 0.29) is 12.3 Å². The summed E-state index contributed by atoms with van der Waals surface area (Å²) in [5.41, 5.74) is 11.2. The summed E-state index contributed by atoms with van der Waals surface area (Å²) >= 11 is 0. The van der Waals surface area contributed by atoms with Crippen molar-refractivity contribution in [2.24, 2.45) is 17.4 Å². The number of nitrogens with one attached hydrogen (secondary N) is 3. The number of amides is 3. The molecule has 3 unspecified atom stereocenters. The Balaban J connectivity index is 5.17. The summed E-state index contributed by atoms with van der Waals surface area (Å²) in [6.45, 7) is 3.40. The number of aliphatic carboxylic acids is 2. The molecule has 30 heavy (non-hydrogen) atoms. The highest BCUT2D eigenvalue weighted by Gasteiger charge is 2.30. The summed E-state index contributed by atoms with van der Waals surface area (Å²) in [6, 6.07) is -3.48. The first kappa shape index (κ1) is 27.3. The first-order valence-electron chi connectivity index (χ1n) is 9.75. The van der Waals surface area contributed by atoms with E-state index in [9.17, 15) is 24.0 Å². The fourth-order valence-corrected chi connectivity index (χ4v) is 2.56. The van der Waals surface area contributed by atoms with Crippen molar-refractivity contribution < 1.29 is 34.2 Å². The van der Waals surface area contributed by atoms with Gasteiger partial charge >= 0.3 is 11.9 Å². The fourth-order valence-electron chi connectivity index (χ4n) is 2.56. The van der Waals surface area contributed by atoms with Crippen LogP contribution in [0.4, 0.5) is 0 Å². The number of hydrogen-bond donors (Lipinski definition) is 7. The van der Waals surface area contributed by atoms with Gasteiger partial charge in [-0.25, -0.2) is 0 Å². The molecule has 0 aromatic heterocycles. The largest absolute Gasteiger partial charge is 0.481 e. The molecule has 0 aliphatic rings. The molecule has 0 fully saturated rings. The van der Waals surface area contributed by atoms with Gasteiger partial charge in [-0.3, -0.25) is 24.0 Å². The molecule has 0 rings (SSSR count). The Morgan fingerprint density at radius 2 is 1.47 bits per heavy atom. The van der Waals surface area contributed by atoms with Crippen LogP contribution in [0.15, 0.2) is 0 Å². The predicted molar refractivity (Wildman–Crippen MR) is 107 cm³/mol. The minimum atomic E-state index is -1.45. The molecule has 3 atom stereocenters. The van der Waals surface area contributed by atoms with Crippen molar-refractivity contribution >= 4 is 29.7 Å². The average molecular weight is 431 g/mol. The molecule has 0 saturated heterocycles. The zero-order valence-electron chi connectivity index (χ0n) is 17.3. The van der Waals surface area contributed by atoms with Crippen molar-refractivity contribution in [3.8, 4) is 0 Å². The van der Waals surface area contributed by atoms with Crippen molar-refractivity contribution in [2.75, 3.05) is 13.1 Å². The average Bonchev–Trinajstić information content (AvgIpc) is 2.64. The van der Waals surface area contributed by atoms with Gasteiger partial charge in [0.25, 0.3) is 0 Å². The molecule has 9 N–H and O–H groups in total. The Hall–Kier alpha value is -2.73. The standard InChI is InChI=1S/C18H33N5O7/c1-10(2)7-12(17(29)21-9-15(26)27)23-18(30)13(8-14(24)25)22-16(28)11(20)5-3-4-6-19/h10-13H,3-9,19-20H2,1-2H3,(H,21,29)(H,22,28)(H,23,30)(H,24,25)(H,26,27). The minimum absolute atomic E-state index is 0.0330. The smallest absolute Gasteiger partial charge is 0.322 e. The van der Waals surface area contributed by atoms with Crippen LogP contribution in [-0.2, 0) is 24.0 Å². The van der Waals surface area contributed by atoms with E-state index in [2.05, 4.69) is 16.0 Å². The maximum absolute atomic E-state index is 12.6. The first-order valence-corrected chi connectivity index (χ1v) is 9.75. The van der Waals surface area contributed by atoms with Crippen molar-refractivity contribution in [3.05, 3.63) is 0 Å². The number of nitrogens with two attached hydrogens (primary N) is 2. The van der Waals surface area contributed by atoms with Crippen molar-refractivity contribution in [3.63, 3.8) is 0 Å². The van der Waals surface area contributed by atoms with Gasteiger partial charge in [-0.2, -0.15) is 0 Å². The molecule has 0 aliphatic carbocycles. The Morgan fingerprint density at radius 1 is 0.867 bits per heavy atom. The molecule has 3 amide bonds. The molecule has 12 heteroatoms. The highest BCUT2D eigenvalue weighted by molar-refractivity contribution is 5.95. The van der Waals surface area contributed by atoms with Gasteiger partial charge in [0.2, 0.25) is 17.7 Å². The van der Waals surface area contributed by atoms with Gasteiger partial charge in [-0.05, 0) is 31.7 Å². The van der Waals surface area contributed by atoms with E-state index in [1.54, 1.807) is 13.8 Å². The molecule has 0 aromatic carbocycles. The number of carboxylic acids is 2. The van der Waals surface area contributed by atoms with E-state index >= 15 is 0 Å². The first-order chi connectivity index (χ1) is 14.0. The lowest BCUT2D eigenvalue weighted by molar-refractivity contribution is -0.141. The second-order valence-corrected chi connectivity index (χ2v) is 7.35. The Labute approximate surface area is 175 Å². The Bertz CT molecular complexity index is 612. The maximum atomic E-state index is 12.6. The molecule has 0 bridgehead atoms. The lowest BCUT2D eigenvalue weighted by Crippen LogP contribution is -2.56. The molecule has 0 spiro atoms. The van der Waals surface area contributed by atoms with Crippen molar-refractivity contribution in [1.82, 2.24) is 16.0 Å². The van der Waals surface area contributed by atoms with Crippen LogP contribution in [0.1, 0.15) is 46.0 Å². The van der Waals surface area contributed by atoms with Crippen LogP contribution in [0.25, 0.3) is 0 Å². The lowest BCUT2D eigenvalue weighted by atomic mass is 10.0. The van der Waals surface area contributed by atoms with Crippen LogP contribution in [0.3, 0.4) is 0 Å². The molecular weight excluding hydrogens is 398 g/mol. The third-order valence-corrected chi connectivity index (χ3v) is 4.07. The summed E-state index contributed by atoms with van der Waals surface area (Å²) in [6.07, 6.45) is 1.06. The molecule has 0 aromatic rings. The van der Waals surface area contributed by atoms with Gasteiger partial charge in [0, 0.05) is 0 Å². The number of hydrogen-bond acceptors (Lipinski definition) is 7. The van der Waals surface area contributed by atoms with Crippen LogP contribution in [0, 0.1) is 5.92 Å². The van der Waals surface area contributed by atoms with Crippen molar-refractivity contribution in [2.45, 2.75) is 64.1 Å².